The summed E-state index contributed by atoms with van der Waals surface area (Å²) >= 11 is 1.67. The van der Waals surface area contributed by atoms with E-state index < -0.39 is 0 Å². The molecular formula is C18H20N2O3S. The molecule has 2 heterocycles. The zero-order valence-corrected chi connectivity index (χ0v) is 14.2. The number of nitrogens with one attached hydrogen (secondary N) is 1. The van der Waals surface area contributed by atoms with Crippen LogP contribution in [0.25, 0.3) is 0 Å². The third kappa shape index (κ3) is 4.21. The first-order chi connectivity index (χ1) is 11.7. The average molecular weight is 344 g/mol. The molecule has 0 spiro atoms. The number of carbonyl (C=O) groups excluding carboxylic acids is 2. The van der Waals surface area contributed by atoms with E-state index in [1.165, 1.54) is 4.88 Å². The summed E-state index contributed by atoms with van der Waals surface area (Å²) in [5, 5.41) is 4.78. The quantitative estimate of drug-likeness (QED) is 0.902. The number of hydrogen-bond donors (Lipinski definition) is 1. The molecule has 1 aliphatic rings. The highest BCUT2D eigenvalue weighted by Crippen LogP contribution is 2.18. The molecule has 24 heavy (non-hydrogen) atoms. The molecule has 0 saturated carbocycles. The van der Waals surface area contributed by atoms with Crippen molar-refractivity contribution in [2.75, 3.05) is 32.8 Å². The fraction of sp³-hybridized carbons (Fsp3) is 0.333. The van der Waals surface area contributed by atoms with Crippen molar-refractivity contribution >= 4 is 23.2 Å². The smallest absolute Gasteiger partial charge is 0.252 e. The van der Waals surface area contributed by atoms with E-state index in [2.05, 4.69) is 11.4 Å². The molecule has 1 saturated heterocycles. The molecule has 0 unspecified atom stereocenters. The Morgan fingerprint density at radius 1 is 1.12 bits per heavy atom. The Morgan fingerprint density at radius 2 is 1.92 bits per heavy atom. The van der Waals surface area contributed by atoms with Gasteiger partial charge in [-0.2, -0.15) is 0 Å². The lowest BCUT2D eigenvalue weighted by atomic mass is 10.0. The lowest BCUT2D eigenvalue weighted by Gasteiger charge is -2.26. The van der Waals surface area contributed by atoms with Gasteiger partial charge >= 0.3 is 0 Å². The van der Waals surface area contributed by atoms with Crippen LogP contribution in [0.15, 0.2) is 41.8 Å². The highest BCUT2D eigenvalue weighted by molar-refractivity contribution is 7.09. The number of amides is 2. The predicted octanol–water partition coefficient (Wildman–Crippen LogP) is 1.93. The first kappa shape index (κ1) is 16.7. The minimum absolute atomic E-state index is 0.0200. The van der Waals surface area contributed by atoms with Crippen molar-refractivity contribution < 1.29 is 14.3 Å². The molecule has 0 radical (unpaired) electrons. The summed E-state index contributed by atoms with van der Waals surface area (Å²) < 4.78 is 5.23. The van der Waals surface area contributed by atoms with Crippen LogP contribution in [0.1, 0.15) is 20.8 Å². The maximum Gasteiger partial charge on any atom is 0.252 e. The normalized spacial score (nSPS) is 14.4. The third-order valence-corrected chi connectivity index (χ3v) is 4.85. The van der Waals surface area contributed by atoms with Crippen LogP contribution < -0.4 is 5.32 Å². The first-order valence-corrected chi connectivity index (χ1v) is 8.86. The fourth-order valence-electron chi connectivity index (χ4n) is 2.67. The monoisotopic (exact) mass is 344 g/mol. The molecule has 126 valence electrons. The number of thiophene rings is 1. The van der Waals surface area contributed by atoms with Crippen molar-refractivity contribution in [2.45, 2.75) is 6.42 Å². The van der Waals surface area contributed by atoms with Gasteiger partial charge in [0.1, 0.15) is 0 Å². The van der Waals surface area contributed by atoms with Gasteiger partial charge in [0, 0.05) is 30.0 Å². The second-order valence-electron chi connectivity index (χ2n) is 5.59. The molecule has 0 atom stereocenters. The zero-order chi connectivity index (χ0) is 16.8. The highest BCUT2D eigenvalue weighted by atomic mass is 32.1. The minimum atomic E-state index is -0.205. The first-order valence-electron chi connectivity index (χ1n) is 7.98. The van der Waals surface area contributed by atoms with Crippen molar-refractivity contribution in [1.29, 1.82) is 0 Å². The van der Waals surface area contributed by atoms with E-state index in [0.29, 0.717) is 31.9 Å². The molecular weight excluding hydrogens is 324 g/mol. The Bertz CT molecular complexity index is 694. The molecule has 2 amide bonds. The van der Waals surface area contributed by atoms with Gasteiger partial charge in [-0.15, -0.1) is 11.3 Å². The lowest BCUT2D eigenvalue weighted by molar-refractivity contribution is -0.134. The van der Waals surface area contributed by atoms with Crippen molar-refractivity contribution in [3.05, 3.63) is 57.8 Å². The molecule has 1 fully saturated rings. The van der Waals surface area contributed by atoms with Crippen molar-refractivity contribution in [2.24, 2.45) is 0 Å². The van der Waals surface area contributed by atoms with Crippen molar-refractivity contribution in [1.82, 2.24) is 10.2 Å². The van der Waals surface area contributed by atoms with Crippen LogP contribution in [0.3, 0.4) is 0 Å². The topological polar surface area (TPSA) is 58.6 Å². The molecule has 6 heteroatoms. The summed E-state index contributed by atoms with van der Waals surface area (Å²) in [4.78, 5) is 27.5. The number of benzene rings is 1. The van der Waals surface area contributed by atoms with Crippen molar-refractivity contribution in [3.8, 4) is 0 Å². The Morgan fingerprint density at radius 3 is 2.67 bits per heavy atom. The van der Waals surface area contributed by atoms with E-state index in [9.17, 15) is 9.59 Å². The Kier molecular flexibility index (Phi) is 5.61. The highest BCUT2D eigenvalue weighted by Gasteiger charge is 2.18. The minimum Gasteiger partial charge on any atom is -0.378 e. The SMILES string of the molecule is O=C(NCC(=O)N1CCOCC1)c1ccccc1Cc1cccs1. The van der Waals surface area contributed by atoms with E-state index in [-0.39, 0.29) is 18.4 Å². The van der Waals surface area contributed by atoms with E-state index >= 15 is 0 Å². The summed E-state index contributed by atoms with van der Waals surface area (Å²) in [5.41, 5.74) is 1.59. The van der Waals surface area contributed by atoms with E-state index in [0.717, 1.165) is 12.0 Å². The maximum atomic E-state index is 12.5. The summed E-state index contributed by atoms with van der Waals surface area (Å²) in [6.45, 7) is 2.31. The molecule has 1 aliphatic heterocycles. The van der Waals surface area contributed by atoms with Crippen LogP contribution in [0.4, 0.5) is 0 Å². The summed E-state index contributed by atoms with van der Waals surface area (Å²) in [5.74, 6) is -0.272. The van der Waals surface area contributed by atoms with Crippen LogP contribution in [0.2, 0.25) is 0 Å². The summed E-state index contributed by atoms with van der Waals surface area (Å²) in [6, 6.07) is 11.6. The van der Waals surface area contributed by atoms with Gasteiger partial charge in [-0.1, -0.05) is 24.3 Å². The lowest BCUT2D eigenvalue weighted by Crippen LogP contribution is -2.45. The van der Waals surface area contributed by atoms with Gasteiger partial charge in [-0.25, -0.2) is 0 Å². The van der Waals surface area contributed by atoms with E-state index in [1.807, 2.05) is 29.6 Å². The molecule has 3 rings (SSSR count). The van der Waals surface area contributed by atoms with Crippen molar-refractivity contribution in [3.63, 3.8) is 0 Å². The molecule has 5 nitrogen and oxygen atoms in total. The number of carbonyl (C=O) groups is 2. The average Bonchev–Trinajstić information content (AvgIpc) is 3.13. The number of ether oxygens (including phenoxy) is 1. The molecule has 2 aromatic rings. The summed E-state index contributed by atoms with van der Waals surface area (Å²) in [7, 11) is 0. The largest absolute Gasteiger partial charge is 0.378 e. The zero-order valence-electron chi connectivity index (χ0n) is 13.4. The molecule has 1 aromatic heterocycles. The number of rotatable bonds is 5. The van der Waals surface area contributed by atoms with Gasteiger partial charge in [-0.3, -0.25) is 9.59 Å². The molecule has 0 bridgehead atoms. The van der Waals surface area contributed by atoms with E-state index in [4.69, 9.17) is 4.74 Å². The Balaban J connectivity index is 1.61. The van der Waals surface area contributed by atoms with Crippen LogP contribution in [0.5, 0.6) is 0 Å². The standard InChI is InChI=1S/C18H20N2O3S/c21-17(20-7-9-23-10-8-20)13-19-18(22)16-6-2-1-4-14(16)12-15-5-3-11-24-15/h1-6,11H,7-10,12-13H2,(H,19,22). The van der Waals surface area contributed by atoms with Gasteiger partial charge in [0.25, 0.3) is 5.91 Å². The van der Waals surface area contributed by atoms with Gasteiger partial charge in [-0.05, 0) is 23.1 Å². The number of morpholine rings is 1. The van der Waals surface area contributed by atoms with Gasteiger partial charge in [0.15, 0.2) is 0 Å². The summed E-state index contributed by atoms with van der Waals surface area (Å²) in [6.07, 6.45) is 0.721. The van der Waals surface area contributed by atoms with Gasteiger partial charge < -0.3 is 15.0 Å². The maximum absolute atomic E-state index is 12.5. The Hall–Kier alpha value is -2.18. The second-order valence-corrected chi connectivity index (χ2v) is 6.62. The van der Waals surface area contributed by atoms with Gasteiger partial charge in [0.05, 0.1) is 19.8 Å². The van der Waals surface area contributed by atoms with Crippen LogP contribution in [0, 0.1) is 0 Å². The van der Waals surface area contributed by atoms with Gasteiger partial charge in [0.2, 0.25) is 5.91 Å². The molecule has 1 aromatic carbocycles. The number of hydrogen-bond acceptors (Lipinski definition) is 4. The van der Waals surface area contributed by atoms with Crippen LogP contribution >= 0.6 is 11.3 Å². The van der Waals surface area contributed by atoms with Crippen LogP contribution in [-0.4, -0.2) is 49.6 Å². The third-order valence-electron chi connectivity index (χ3n) is 3.97. The fourth-order valence-corrected chi connectivity index (χ4v) is 3.40. The molecule has 1 N–H and O–H groups in total. The van der Waals surface area contributed by atoms with Crippen LogP contribution in [-0.2, 0) is 16.0 Å². The second kappa shape index (κ2) is 8.08. The number of nitrogens with zero attached hydrogens (tertiary/aromatic N) is 1. The Labute approximate surface area is 145 Å². The molecule has 0 aliphatic carbocycles. The van der Waals surface area contributed by atoms with E-state index in [1.54, 1.807) is 22.3 Å². The predicted molar refractivity (Wildman–Crippen MR) is 93.3 cm³/mol.